The maximum atomic E-state index is 11.0. The number of phenolic OH excluding ortho intramolecular Hbond substituents is 2. The van der Waals surface area contributed by atoms with Crippen LogP contribution in [0.5, 0.6) is 11.5 Å². The monoisotopic (exact) mass is 366 g/mol. The van der Waals surface area contributed by atoms with E-state index in [0.29, 0.717) is 18.4 Å². The summed E-state index contributed by atoms with van der Waals surface area (Å²) >= 11 is 0. The molecule has 0 aliphatic rings. The molecule has 28 heavy (non-hydrogen) atoms. The van der Waals surface area contributed by atoms with Gasteiger partial charge in [0.15, 0.2) is 0 Å². The highest BCUT2D eigenvalue weighted by molar-refractivity contribution is 5.79. The predicted molar refractivity (Wildman–Crippen MR) is 114 cm³/mol. The fourth-order valence-electron chi connectivity index (χ4n) is 3.56. The molecule has 0 aliphatic carbocycles. The van der Waals surface area contributed by atoms with Crippen LogP contribution < -0.4 is 0 Å². The second kappa shape index (κ2) is 8.01. The van der Waals surface area contributed by atoms with Crippen molar-refractivity contribution in [2.75, 3.05) is 0 Å². The van der Waals surface area contributed by atoms with E-state index in [1.807, 2.05) is 97.1 Å². The molecule has 4 aromatic rings. The number of rotatable bonds is 5. The molecule has 0 saturated heterocycles. The van der Waals surface area contributed by atoms with Gasteiger partial charge in [0.1, 0.15) is 11.5 Å². The lowest BCUT2D eigenvalue weighted by Crippen LogP contribution is -1.97. The van der Waals surface area contributed by atoms with Gasteiger partial charge in [-0.05, 0) is 33.9 Å². The van der Waals surface area contributed by atoms with E-state index >= 15 is 0 Å². The lowest BCUT2D eigenvalue weighted by molar-refractivity contribution is 0.447. The summed E-state index contributed by atoms with van der Waals surface area (Å²) in [6.45, 7) is 0. The molecule has 0 unspecified atom stereocenters. The average Bonchev–Trinajstić information content (AvgIpc) is 2.74. The molecule has 0 radical (unpaired) electrons. The first-order valence-corrected chi connectivity index (χ1v) is 9.42. The molecule has 2 N–H and O–H groups in total. The van der Waals surface area contributed by atoms with E-state index in [4.69, 9.17) is 0 Å². The van der Waals surface area contributed by atoms with Gasteiger partial charge < -0.3 is 10.2 Å². The summed E-state index contributed by atoms with van der Waals surface area (Å²) in [5, 5.41) is 22.0. The maximum absolute atomic E-state index is 11.0. The Morgan fingerprint density at radius 2 is 0.893 bits per heavy atom. The van der Waals surface area contributed by atoms with Gasteiger partial charge in [-0.2, -0.15) is 0 Å². The van der Waals surface area contributed by atoms with Crippen molar-refractivity contribution < 1.29 is 10.2 Å². The molecule has 0 atom stereocenters. The van der Waals surface area contributed by atoms with Crippen molar-refractivity contribution in [1.29, 1.82) is 0 Å². The summed E-state index contributed by atoms with van der Waals surface area (Å²) in [5.74, 6) is 0.286. The van der Waals surface area contributed by atoms with E-state index in [-0.39, 0.29) is 11.5 Å². The Labute approximate surface area is 165 Å². The molecule has 0 fully saturated rings. The van der Waals surface area contributed by atoms with Gasteiger partial charge in [0.2, 0.25) is 0 Å². The smallest absolute Gasteiger partial charge is 0.130 e. The highest BCUT2D eigenvalue weighted by Gasteiger charge is 2.19. The zero-order valence-corrected chi connectivity index (χ0v) is 15.5. The van der Waals surface area contributed by atoms with Crippen molar-refractivity contribution in [3.8, 4) is 22.6 Å². The van der Waals surface area contributed by atoms with E-state index < -0.39 is 0 Å². The molecule has 0 spiro atoms. The third-order valence-corrected chi connectivity index (χ3v) is 4.97. The normalized spacial score (nSPS) is 10.7. The summed E-state index contributed by atoms with van der Waals surface area (Å²) in [5.41, 5.74) is 5.17. The summed E-state index contributed by atoms with van der Waals surface area (Å²) < 4.78 is 0. The van der Waals surface area contributed by atoms with Crippen molar-refractivity contribution >= 4 is 0 Å². The molecule has 138 valence electrons. The SMILES string of the molecule is Oc1c(Cc2ccccc2)cc(Cc2ccccc2)c(O)c1-c1ccccc1. The molecule has 4 rings (SSSR count). The van der Waals surface area contributed by atoms with E-state index in [2.05, 4.69) is 0 Å². The quantitative estimate of drug-likeness (QED) is 0.458. The van der Waals surface area contributed by atoms with Crippen LogP contribution in [0.25, 0.3) is 11.1 Å². The van der Waals surface area contributed by atoms with Crippen LogP contribution in [0, 0.1) is 0 Å². The minimum atomic E-state index is 0.143. The van der Waals surface area contributed by atoms with Crippen LogP contribution in [0.3, 0.4) is 0 Å². The van der Waals surface area contributed by atoms with Crippen molar-refractivity contribution in [3.63, 3.8) is 0 Å². The molecule has 0 amide bonds. The Balaban J connectivity index is 1.84. The Hall–Kier alpha value is -3.52. The number of aromatic hydroxyl groups is 2. The van der Waals surface area contributed by atoms with Crippen LogP contribution in [0.1, 0.15) is 22.3 Å². The van der Waals surface area contributed by atoms with Crippen LogP contribution in [-0.4, -0.2) is 10.2 Å². The van der Waals surface area contributed by atoms with Crippen molar-refractivity contribution in [2.24, 2.45) is 0 Å². The zero-order valence-electron chi connectivity index (χ0n) is 15.5. The first-order valence-electron chi connectivity index (χ1n) is 9.42. The molecule has 0 heterocycles. The van der Waals surface area contributed by atoms with E-state index in [1.165, 1.54) is 0 Å². The number of benzene rings is 4. The summed E-state index contributed by atoms with van der Waals surface area (Å²) in [7, 11) is 0. The lowest BCUT2D eigenvalue weighted by Gasteiger charge is -2.17. The molecule has 0 aliphatic heterocycles. The van der Waals surface area contributed by atoms with Crippen molar-refractivity contribution in [2.45, 2.75) is 12.8 Å². The summed E-state index contributed by atoms with van der Waals surface area (Å²) in [6, 6.07) is 31.6. The Morgan fingerprint density at radius 3 is 1.32 bits per heavy atom. The average molecular weight is 366 g/mol. The Kier molecular flexibility index (Phi) is 5.11. The second-order valence-electron chi connectivity index (χ2n) is 6.96. The molecular formula is C26H22O2. The maximum Gasteiger partial charge on any atom is 0.130 e. The topological polar surface area (TPSA) is 40.5 Å². The van der Waals surface area contributed by atoms with Crippen LogP contribution in [0.4, 0.5) is 0 Å². The highest BCUT2D eigenvalue weighted by Crippen LogP contribution is 2.43. The molecule has 0 saturated carbocycles. The number of hydrogen-bond donors (Lipinski definition) is 2. The van der Waals surface area contributed by atoms with Gasteiger partial charge in [0.05, 0.1) is 5.56 Å². The first-order chi connectivity index (χ1) is 13.7. The summed E-state index contributed by atoms with van der Waals surface area (Å²) in [4.78, 5) is 0. The number of phenols is 2. The molecule has 2 heteroatoms. The third-order valence-electron chi connectivity index (χ3n) is 4.97. The minimum absolute atomic E-state index is 0.143. The molecule has 0 bridgehead atoms. The van der Waals surface area contributed by atoms with Gasteiger partial charge in [-0.1, -0.05) is 91.0 Å². The van der Waals surface area contributed by atoms with Gasteiger partial charge in [-0.15, -0.1) is 0 Å². The molecule has 0 aromatic heterocycles. The minimum Gasteiger partial charge on any atom is -0.507 e. The highest BCUT2D eigenvalue weighted by atomic mass is 16.3. The van der Waals surface area contributed by atoms with Gasteiger partial charge >= 0.3 is 0 Å². The van der Waals surface area contributed by atoms with E-state index in [9.17, 15) is 10.2 Å². The van der Waals surface area contributed by atoms with E-state index in [0.717, 1.165) is 27.8 Å². The van der Waals surface area contributed by atoms with Crippen molar-refractivity contribution in [3.05, 3.63) is 119 Å². The molecule has 2 nitrogen and oxygen atoms in total. The first kappa shape index (κ1) is 17.9. The van der Waals surface area contributed by atoms with Gasteiger partial charge in [0.25, 0.3) is 0 Å². The fourth-order valence-corrected chi connectivity index (χ4v) is 3.56. The lowest BCUT2D eigenvalue weighted by atomic mass is 9.91. The standard InChI is InChI=1S/C26H22O2/c27-25-22(16-19-10-4-1-5-11-19)18-23(17-20-12-6-2-7-13-20)26(28)24(25)21-14-8-3-9-15-21/h1-15,18,27-28H,16-17H2. The zero-order chi connectivity index (χ0) is 19.3. The Morgan fingerprint density at radius 1 is 0.500 bits per heavy atom. The van der Waals surface area contributed by atoms with Crippen LogP contribution in [0.15, 0.2) is 97.1 Å². The third kappa shape index (κ3) is 3.77. The number of hydrogen-bond acceptors (Lipinski definition) is 2. The predicted octanol–water partition coefficient (Wildman–Crippen LogP) is 5.95. The molecule has 4 aromatic carbocycles. The van der Waals surface area contributed by atoms with E-state index in [1.54, 1.807) is 0 Å². The van der Waals surface area contributed by atoms with Gasteiger partial charge in [-0.3, -0.25) is 0 Å². The van der Waals surface area contributed by atoms with Crippen LogP contribution in [-0.2, 0) is 12.8 Å². The molecular weight excluding hydrogens is 344 g/mol. The second-order valence-corrected chi connectivity index (χ2v) is 6.96. The van der Waals surface area contributed by atoms with Crippen molar-refractivity contribution in [1.82, 2.24) is 0 Å². The summed E-state index contributed by atoms with van der Waals surface area (Å²) in [6.07, 6.45) is 1.21. The Bertz CT molecular complexity index is 990. The largest absolute Gasteiger partial charge is 0.507 e. The van der Waals surface area contributed by atoms with Gasteiger partial charge in [0, 0.05) is 12.8 Å². The van der Waals surface area contributed by atoms with Crippen LogP contribution in [0.2, 0.25) is 0 Å². The fraction of sp³-hybridized carbons (Fsp3) is 0.0769. The van der Waals surface area contributed by atoms with Crippen LogP contribution >= 0.6 is 0 Å². The van der Waals surface area contributed by atoms with Gasteiger partial charge in [-0.25, -0.2) is 0 Å².